The van der Waals surface area contributed by atoms with Crippen molar-refractivity contribution >= 4 is 16.8 Å². The molecule has 70 valence electrons. The van der Waals surface area contributed by atoms with E-state index in [0.29, 0.717) is 12.1 Å². The van der Waals surface area contributed by atoms with Gasteiger partial charge in [0.05, 0.1) is 5.56 Å². The van der Waals surface area contributed by atoms with Crippen LogP contribution in [0.15, 0.2) is 17.3 Å². The molecule has 0 atom stereocenters. The molecule has 0 aromatic heterocycles. The van der Waals surface area contributed by atoms with Gasteiger partial charge in [-0.15, -0.1) is 0 Å². The summed E-state index contributed by atoms with van der Waals surface area (Å²) in [6.07, 6.45) is 0. The molecule has 0 aliphatic carbocycles. The summed E-state index contributed by atoms with van der Waals surface area (Å²) in [5.41, 5.74) is -0.497. The van der Waals surface area contributed by atoms with Crippen molar-refractivity contribution < 1.29 is 18.4 Å². The molecular weight excluding hydrogens is 207 g/mol. The molecule has 13 heavy (non-hydrogen) atoms. The molecule has 0 saturated heterocycles. The summed E-state index contributed by atoms with van der Waals surface area (Å²) in [5.74, 6) is -3.69. The summed E-state index contributed by atoms with van der Waals surface area (Å²) in [6, 6.07) is 0.824. The van der Waals surface area contributed by atoms with Gasteiger partial charge in [0.1, 0.15) is 5.82 Å². The SMILES string of the molecule is O/N=C(\Cl)c1cc(F)c(F)cc1F. The van der Waals surface area contributed by atoms with Gasteiger partial charge in [0, 0.05) is 6.07 Å². The van der Waals surface area contributed by atoms with E-state index in [1.807, 2.05) is 0 Å². The molecule has 0 amide bonds. The van der Waals surface area contributed by atoms with E-state index in [4.69, 9.17) is 16.8 Å². The zero-order chi connectivity index (χ0) is 10.0. The highest BCUT2D eigenvalue weighted by Crippen LogP contribution is 2.15. The van der Waals surface area contributed by atoms with Gasteiger partial charge in [0.2, 0.25) is 0 Å². The smallest absolute Gasteiger partial charge is 0.178 e. The third kappa shape index (κ3) is 1.92. The molecule has 0 fully saturated rings. The Morgan fingerprint density at radius 1 is 1.15 bits per heavy atom. The Kier molecular flexibility index (Phi) is 2.77. The van der Waals surface area contributed by atoms with Crippen LogP contribution in [0, 0.1) is 17.5 Å². The van der Waals surface area contributed by atoms with E-state index in [0.717, 1.165) is 0 Å². The second-order valence-corrected chi connectivity index (χ2v) is 2.49. The lowest BCUT2D eigenvalue weighted by molar-refractivity contribution is 0.320. The van der Waals surface area contributed by atoms with Gasteiger partial charge in [-0.05, 0) is 6.07 Å². The molecule has 0 bridgehead atoms. The number of rotatable bonds is 1. The summed E-state index contributed by atoms with van der Waals surface area (Å²) in [7, 11) is 0. The summed E-state index contributed by atoms with van der Waals surface area (Å²) >= 11 is 5.19. The normalized spacial score (nSPS) is 11.8. The molecule has 2 nitrogen and oxygen atoms in total. The monoisotopic (exact) mass is 209 g/mol. The molecule has 0 aliphatic rings. The van der Waals surface area contributed by atoms with Crippen molar-refractivity contribution in [3.8, 4) is 0 Å². The van der Waals surface area contributed by atoms with Crippen molar-refractivity contribution in [3.63, 3.8) is 0 Å². The average molecular weight is 210 g/mol. The first kappa shape index (κ1) is 9.85. The van der Waals surface area contributed by atoms with Crippen LogP contribution >= 0.6 is 11.6 Å². The molecule has 0 spiro atoms. The topological polar surface area (TPSA) is 32.6 Å². The number of hydrogen-bond acceptors (Lipinski definition) is 2. The second-order valence-electron chi connectivity index (χ2n) is 2.14. The fourth-order valence-corrected chi connectivity index (χ4v) is 0.879. The highest BCUT2D eigenvalue weighted by molar-refractivity contribution is 6.69. The molecular formula is C7H3ClF3NO. The van der Waals surface area contributed by atoms with Gasteiger partial charge in [-0.25, -0.2) is 13.2 Å². The Bertz CT molecular complexity index is 367. The third-order valence-electron chi connectivity index (χ3n) is 1.32. The van der Waals surface area contributed by atoms with Crippen molar-refractivity contribution in [2.24, 2.45) is 5.16 Å². The molecule has 0 unspecified atom stereocenters. The lowest BCUT2D eigenvalue weighted by Gasteiger charge is -1.99. The van der Waals surface area contributed by atoms with E-state index in [1.165, 1.54) is 0 Å². The molecule has 0 saturated carbocycles. The van der Waals surface area contributed by atoms with Gasteiger partial charge in [-0.2, -0.15) is 0 Å². The Balaban J connectivity index is 3.32. The quantitative estimate of drug-likeness (QED) is 0.328. The van der Waals surface area contributed by atoms with E-state index in [2.05, 4.69) is 5.16 Å². The molecule has 0 radical (unpaired) electrons. The van der Waals surface area contributed by atoms with Crippen molar-refractivity contribution in [2.45, 2.75) is 0 Å². The first-order valence-electron chi connectivity index (χ1n) is 3.08. The predicted octanol–water partition coefficient (Wildman–Crippen LogP) is 2.48. The third-order valence-corrected chi connectivity index (χ3v) is 1.60. The first-order valence-corrected chi connectivity index (χ1v) is 3.46. The minimum absolute atomic E-state index is 0.318. The minimum Gasteiger partial charge on any atom is -0.410 e. The van der Waals surface area contributed by atoms with E-state index < -0.39 is 28.2 Å². The standard InChI is InChI=1S/C7H3ClF3NO/c8-7(12-13)3-1-5(10)6(11)2-4(3)9/h1-2,13H/b12-7-. The van der Waals surface area contributed by atoms with Crippen molar-refractivity contribution in [2.75, 3.05) is 0 Å². The van der Waals surface area contributed by atoms with Gasteiger partial charge < -0.3 is 5.21 Å². The van der Waals surface area contributed by atoms with E-state index in [9.17, 15) is 13.2 Å². The van der Waals surface area contributed by atoms with Gasteiger partial charge >= 0.3 is 0 Å². The maximum atomic E-state index is 12.8. The Morgan fingerprint density at radius 3 is 2.23 bits per heavy atom. The number of nitrogens with zero attached hydrogens (tertiary/aromatic N) is 1. The highest BCUT2D eigenvalue weighted by Gasteiger charge is 2.13. The van der Waals surface area contributed by atoms with Crippen LogP contribution < -0.4 is 0 Å². The lowest BCUT2D eigenvalue weighted by Crippen LogP contribution is -1.99. The fourth-order valence-electron chi connectivity index (χ4n) is 0.735. The Labute approximate surface area is 76.2 Å². The second kappa shape index (κ2) is 3.66. The number of benzene rings is 1. The predicted molar refractivity (Wildman–Crippen MR) is 40.5 cm³/mol. The Hall–Kier alpha value is -1.23. The number of halogens is 4. The van der Waals surface area contributed by atoms with Gasteiger partial charge in [-0.1, -0.05) is 16.8 Å². The Morgan fingerprint density at radius 2 is 1.69 bits per heavy atom. The molecule has 6 heteroatoms. The molecule has 1 aromatic carbocycles. The van der Waals surface area contributed by atoms with Crippen molar-refractivity contribution in [1.82, 2.24) is 0 Å². The van der Waals surface area contributed by atoms with Crippen LogP contribution in [-0.2, 0) is 0 Å². The lowest BCUT2D eigenvalue weighted by atomic mass is 10.2. The van der Waals surface area contributed by atoms with Gasteiger partial charge in [-0.3, -0.25) is 0 Å². The molecule has 1 N–H and O–H groups in total. The molecule has 0 aliphatic heterocycles. The number of hydrogen-bond donors (Lipinski definition) is 1. The van der Waals surface area contributed by atoms with Crippen LogP contribution in [0.5, 0.6) is 0 Å². The maximum Gasteiger partial charge on any atom is 0.178 e. The summed E-state index contributed by atoms with van der Waals surface area (Å²) < 4.78 is 37.7. The zero-order valence-electron chi connectivity index (χ0n) is 6.06. The molecule has 1 rings (SSSR count). The van der Waals surface area contributed by atoms with Crippen molar-refractivity contribution in [3.05, 3.63) is 35.1 Å². The first-order chi connectivity index (χ1) is 6.06. The highest BCUT2D eigenvalue weighted by atomic mass is 35.5. The fraction of sp³-hybridized carbons (Fsp3) is 0. The minimum atomic E-state index is -1.33. The maximum absolute atomic E-state index is 12.8. The number of oxime groups is 1. The molecule has 1 aromatic rings. The summed E-state index contributed by atoms with van der Waals surface area (Å²) in [5, 5.41) is 9.95. The summed E-state index contributed by atoms with van der Waals surface area (Å²) in [4.78, 5) is 0. The van der Waals surface area contributed by atoms with E-state index in [-0.39, 0.29) is 0 Å². The van der Waals surface area contributed by atoms with Gasteiger partial charge in [0.25, 0.3) is 0 Å². The van der Waals surface area contributed by atoms with Crippen molar-refractivity contribution in [1.29, 1.82) is 0 Å². The van der Waals surface area contributed by atoms with Crippen LogP contribution in [0.2, 0.25) is 0 Å². The van der Waals surface area contributed by atoms with E-state index in [1.54, 1.807) is 0 Å². The van der Waals surface area contributed by atoms with Gasteiger partial charge in [0.15, 0.2) is 16.8 Å². The largest absolute Gasteiger partial charge is 0.410 e. The molecule has 0 heterocycles. The van der Waals surface area contributed by atoms with Crippen LogP contribution in [0.3, 0.4) is 0 Å². The summed E-state index contributed by atoms with van der Waals surface area (Å²) in [6.45, 7) is 0. The van der Waals surface area contributed by atoms with Crippen LogP contribution in [0.25, 0.3) is 0 Å². The average Bonchev–Trinajstić information content (AvgIpc) is 2.10. The van der Waals surface area contributed by atoms with E-state index >= 15 is 0 Å². The van der Waals surface area contributed by atoms with Crippen LogP contribution in [0.4, 0.5) is 13.2 Å². The zero-order valence-corrected chi connectivity index (χ0v) is 6.82. The van der Waals surface area contributed by atoms with Crippen LogP contribution in [0.1, 0.15) is 5.56 Å². The van der Waals surface area contributed by atoms with Crippen LogP contribution in [-0.4, -0.2) is 10.4 Å².